The van der Waals surface area contributed by atoms with E-state index >= 15 is 0 Å². The second-order valence-corrected chi connectivity index (χ2v) is 15.3. The highest BCUT2D eigenvalue weighted by atomic mass is 16.3. The van der Waals surface area contributed by atoms with Gasteiger partial charge >= 0.3 is 0 Å². The molecule has 0 radical (unpaired) electrons. The Morgan fingerprint density at radius 2 is 1.11 bits per heavy atom. The number of para-hydroxylation sites is 1. The van der Waals surface area contributed by atoms with Crippen LogP contribution >= 0.6 is 0 Å². The molecule has 264 valence electrons. The molecule has 0 aliphatic heterocycles. The maximum absolute atomic E-state index is 6.41. The van der Waals surface area contributed by atoms with Crippen LogP contribution in [0.2, 0.25) is 0 Å². The lowest BCUT2D eigenvalue weighted by atomic mass is 9.65. The molecule has 8 aromatic rings. The first-order valence-electron chi connectivity index (χ1n) is 19.2. The number of hydrogen-bond acceptors (Lipinski definition) is 2. The van der Waals surface area contributed by atoms with Gasteiger partial charge in [-0.25, -0.2) is 0 Å². The van der Waals surface area contributed by atoms with Crippen LogP contribution in [0.5, 0.6) is 0 Å². The molecule has 10 rings (SSSR count). The molecule has 7 aromatic carbocycles. The predicted octanol–water partition coefficient (Wildman–Crippen LogP) is 14.4. The summed E-state index contributed by atoms with van der Waals surface area (Å²) in [5.74, 6) is 0. The van der Waals surface area contributed by atoms with Crippen molar-refractivity contribution in [2.75, 3.05) is 4.90 Å². The van der Waals surface area contributed by atoms with Gasteiger partial charge in [-0.15, -0.1) is 0 Å². The third-order valence-corrected chi connectivity index (χ3v) is 12.0. The van der Waals surface area contributed by atoms with Crippen molar-refractivity contribution in [3.63, 3.8) is 0 Å². The number of benzene rings is 7. The van der Waals surface area contributed by atoms with E-state index in [2.05, 4.69) is 189 Å². The second-order valence-electron chi connectivity index (χ2n) is 15.3. The molecule has 1 heterocycles. The van der Waals surface area contributed by atoms with E-state index in [1.807, 2.05) is 19.1 Å². The van der Waals surface area contributed by atoms with E-state index in [4.69, 9.17) is 11.0 Å². The molecule has 0 unspecified atom stereocenters. The van der Waals surface area contributed by atoms with E-state index in [1.54, 1.807) is 0 Å². The number of rotatable bonds is 8. The lowest BCUT2D eigenvalue weighted by molar-refractivity contribution is 0.652. The summed E-state index contributed by atoms with van der Waals surface area (Å²) in [7, 11) is 0. The Morgan fingerprint density at radius 3 is 1.78 bits per heavy atom. The van der Waals surface area contributed by atoms with Crippen LogP contribution in [0.4, 0.5) is 17.1 Å². The third kappa shape index (κ3) is 4.81. The van der Waals surface area contributed by atoms with E-state index in [9.17, 15) is 0 Å². The second kappa shape index (κ2) is 12.5. The SMILES string of the molecule is C=C(/C=C\C=C/C)C1(c2ccc(N(c3ccc(-c4ccccc4)cc3)c3ccc4c(c3)oc3ccccc34)cc2)c2cccc3c2-c2c(cccc21)C3(C)C. The Bertz CT molecular complexity index is 2790. The Labute approximate surface area is 323 Å². The average molecular weight is 708 g/mol. The Balaban J connectivity index is 1.15. The quantitative estimate of drug-likeness (QED) is 0.146. The van der Waals surface area contributed by atoms with Crippen molar-refractivity contribution >= 4 is 39.0 Å². The lowest BCUT2D eigenvalue weighted by Gasteiger charge is -2.36. The van der Waals surface area contributed by atoms with Crippen molar-refractivity contribution in [2.24, 2.45) is 0 Å². The first-order chi connectivity index (χ1) is 26.9. The van der Waals surface area contributed by atoms with Crippen molar-refractivity contribution < 1.29 is 4.42 Å². The smallest absolute Gasteiger partial charge is 0.137 e. The predicted molar refractivity (Wildman–Crippen MR) is 231 cm³/mol. The van der Waals surface area contributed by atoms with Gasteiger partial charge in [-0.05, 0) is 105 Å². The van der Waals surface area contributed by atoms with Crippen LogP contribution in [-0.4, -0.2) is 0 Å². The standard InChI is InChI=1S/C53H41NO/c1-5-6-8-15-35(2)53(46-21-13-19-44-50(46)51-45(52(44,3)4)20-14-22-47(51)53)38-26-30-40(31-27-38)54(39-28-24-37(25-29-39)36-16-9-7-10-17-36)41-32-33-43-42-18-11-12-23-48(42)55-49(43)34-41/h5-34H,2H2,1,3-4H3/b6-5-,15-8-. The van der Waals surface area contributed by atoms with E-state index in [0.717, 1.165) is 44.6 Å². The summed E-state index contributed by atoms with van der Waals surface area (Å²) in [5, 5.41) is 2.24. The topological polar surface area (TPSA) is 16.4 Å². The maximum Gasteiger partial charge on any atom is 0.137 e. The van der Waals surface area contributed by atoms with E-state index < -0.39 is 5.41 Å². The molecule has 0 fully saturated rings. The van der Waals surface area contributed by atoms with Gasteiger partial charge in [0.2, 0.25) is 0 Å². The Kier molecular flexibility index (Phi) is 7.47. The van der Waals surface area contributed by atoms with Crippen LogP contribution in [0.25, 0.3) is 44.2 Å². The van der Waals surface area contributed by atoms with Crippen molar-refractivity contribution in [1.82, 2.24) is 0 Å². The summed E-state index contributed by atoms with van der Waals surface area (Å²) in [4.78, 5) is 2.33. The molecule has 1 aromatic heterocycles. The molecular formula is C53H41NO. The summed E-state index contributed by atoms with van der Waals surface area (Å²) >= 11 is 0. The first kappa shape index (κ1) is 33.0. The number of fused-ring (bicyclic) bond motifs is 3. The molecule has 2 heteroatoms. The average Bonchev–Trinajstić information content (AvgIpc) is 3.83. The highest BCUT2D eigenvalue weighted by Gasteiger charge is 2.52. The Morgan fingerprint density at radius 1 is 0.545 bits per heavy atom. The zero-order valence-corrected chi connectivity index (χ0v) is 31.4. The summed E-state index contributed by atoms with van der Waals surface area (Å²) in [6.07, 6.45) is 8.46. The number of anilines is 3. The molecule has 0 amide bonds. The summed E-state index contributed by atoms with van der Waals surface area (Å²) in [6, 6.07) is 57.2. The van der Waals surface area contributed by atoms with Gasteiger partial charge < -0.3 is 9.32 Å². The van der Waals surface area contributed by atoms with Crippen molar-refractivity contribution in [1.29, 1.82) is 0 Å². The lowest BCUT2D eigenvalue weighted by Crippen LogP contribution is -2.30. The van der Waals surface area contributed by atoms with Crippen molar-refractivity contribution in [2.45, 2.75) is 31.6 Å². The molecular weight excluding hydrogens is 667 g/mol. The fourth-order valence-corrected chi connectivity index (χ4v) is 9.45. The zero-order valence-electron chi connectivity index (χ0n) is 31.4. The van der Waals surface area contributed by atoms with Crippen LogP contribution < -0.4 is 4.90 Å². The van der Waals surface area contributed by atoms with Gasteiger partial charge in [-0.1, -0.05) is 154 Å². The van der Waals surface area contributed by atoms with Crippen LogP contribution in [0.3, 0.4) is 0 Å². The van der Waals surface area contributed by atoms with Crippen molar-refractivity contribution in [3.8, 4) is 22.3 Å². The number of hydrogen-bond donors (Lipinski definition) is 0. The summed E-state index contributed by atoms with van der Waals surface area (Å²) < 4.78 is 6.41. The van der Waals surface area contributed by atoms with Crippen molar-refractivity contribution in [3.05, 3.63) is 222 Å². The largest absolute Gasteiger partial charge is 0.456 e. The molecule has 0 atom stereocenters. The van der Waals surface area contributed by atoms with E-state index in [-0.39, 0.29) is 5.41 Å². The summed E-state index contributed by atoms with van der Waals surface area (Å²) in [6.45, 7) is 11.6. The van der Waals surface area contributed by atoms with Gasteiger partial charge in [0, 0.05) is 39.3 Å². The van der Waals surface area contributed by atoms with E-state index in [0.29, 0.717) is 0 Å². The van der Waals surface area contributed by atoms with Gasteiger partial charge in [0.25, 0.3) is 0 Å². The normalized spacial score (nSPS) is 14.7. The van der Waals surface area contributed by atoms with Crippen LogP contribution in [0, 0.1) is 0 Å². The van der Waals surface area contributed by atoms with Crippen LogP contribution in [-0.2, 0) is 10.8 Å². The van der Waals surface area contributed by atoms with Gasteiger partial charge in [-0.2, -0.15) is 0 Å². The molecule has 0 spiro atoms. The molecule has 0 saturated carbocycles. The van der Waals surface area contributed by atoms with Crippen LogP contribution in [0.15, 0.2) is 199 Å². The molecule has 2 aliphatic rings. The minimum Gasteiger partial charge on any atom is -0.456 e. The summed E-state index contributed by atoms with van der Waals surface area (Å²) in [5.41, 5.74) is 17.1. The number of furan rings is 1. The van der Waals surface area contributed by atoms with Gasteiger partial charge in [0.05, 0.1) is 5.41 Å². The molecule has 2 nitrogen and oxygen atoms in total. The number of nitrogens with zero attached hydrogens (tertiary/aromatic N) is 1. The van der Waals surface area contributed by atoms with E-state index in [1.165, 1.54) is 50.1 Å². The minimum atomic E-state index is -0.543. The highest BCUT2D eigenvalue weighted by Crippen LogP contribution is 2.64. The van der Waals surface area contributed by atoms with Gasteiger partial charge in [-0.3, -0.25) is 0 Å². The van der Waals surface area contributed by atoms with Gasteiger partial charge in [0.15, 0.2) is 0 Å². The molecule has 0 N–H and O–H groups in total. The highest BCUT2D eigenvalue weighted by molar-refractivity contribution is 6.06. The monoisotopic (exact) mass is 707 g/mol. The Hall–Kier alpha value is -6.64. The third-order valence-electron chi connectivity index (χ3n) is 12.0. The minimum absolute atomic E-state index is 0.0632. The zero-order chi connectivity index (χ0) is 37.3. The number of allylic oxidation sites excluding steroid dienone is 5. The first-order valence-corrected chi connectivity index (χ1v) is 19.2. The van der Waals surface area contributed by atoms with Gasteiger partial charge in [0.1, 0.15) is 11.2 Å². The molecule has 55 heavy (non-hydrogen) atoms. The van der Waals surface area contributed by atoms with Crippen LogP contribution in [0.1, 0.15) is 48.6 Å². The molecule has 2 aliphatic carbocycles. The molecule has 0 saturated heterocycles. The fourth-order valence-electron chi connectivity index (χ4n) is 9.45. The fraction of sp³-hybridized carbons (Fsp3) is 0.0943. The molecule has 0 bridgehead atoms. The maximum atomic E-state index is 6.41.